The SMILES string of the molecule is CCCCc1ccc(CCC)cc1CCC. The summed E-state index contributed by atoms with van der Waals surface area (Å²) >= 11 is 0. The summed E-state index contributed by atoms with van der Waals surface area (Å²) in [5.41, 5.74) is 4.71. The van der Waals surface area contributed by atoms with E-state index in [9.17, 15) is 0 Å². The number of rotatable bonds is 7. The highest BCUT2D eigenvalue weighted by Gasteiger charge is 2.03. The Morgan fingerprint density at radius 2 is 1.50 bits per heavy atom. The summed E-state index contributed by atoms with van der Waals surface area (Å²) in [7, 11) is 0. The maximum Gasteiger partial charge on any atom is -0.0276 e. The first-order chi connectivity index (χ1) is 7.81. The second-order valence-electron chi connectivity index (χ2n) is 4.71. The second kappa shape index (κ2) is 7.49. The van der Waals surface area contributed by atoms with E-state index in [-0.39, 0.29) is 0 Å². The minimum atomic E-state index is 1.23. The van der Waals surface area contributed by atoms with Crippen LogP contribution >= 0.6 is 0 Å². The summed E-state index contributed by atoms with van der Waals surface area (Å²) in [5.74, 6) is 0. The van der Waals surface area contributed by atoms with E-state index in [4.69, 9.17) is 0 Å². The molecule has 1 rings (SSSR count). The Labute approximate surface area is 101 Å². The first kappa shape index (κ1) is 13.3. The van der Waals surface area contributed by atoms with Crippen LogP contribution in [0.1, 0.15) is 63.1 Å². The van der Waals surface area contributed by atoms with Gasteiger partial charge in [-0.25, -0.2) is 0 Å². The third-order valence-corrected chi connectivity index (χ3v) is 3.13. The van der Waals surface area contributed by atoms with Crippen LogP contribution in [0.4, 0.5) is 0 Å². The van der Waals surface area contributed by atoms with Gasteiger partial charge >= 0.3 is 0 Å². The maximum atomic E-state index is 2.44. The van der Waals surface area contributed by atoms with Gasteiger partial charge in [0.1, 0.15) is 0 Å². The Morgan fingerprint density at radius 1 is 0.750 bits per heavy atom. The van der Waals surface area contributed by atoms with E-state index in [1.54, 1.807) is 11.1 Å². The minimum Gasteiger partial charge on any atom is -0.0654 e. The van der Waals surface area contributed by atoms with E-state index in [0.29, 0.717) is 0 Å². The standard InChI is InChI=1S/C16H26/c1-4-7-10-15-12-11-14(8-5-2)13-16(15)9-6-3/h11-13H,4-10H2,1-3H3. The fraction of sp³-hybridized carbons (Fsp3) is 0.625. The summed E-state index contributed by atoms with van der Waals surface area (Å²) < 4.78 is 0. The van der Waals surface area contributed by atoms with E-state index in [1.165, 1.54) is 50.5 Å². The van der Waals surface area contributed by atoms with E-state index in [0.717, 1.165) is 0 Å². The summed E-state index contributed by atoms with van der Waals surface area (Å²) in [6, 6.07) is 7.14. The second-order valence-corrected chi connectivity index (χ2v) is 4.71. The molecule has 0 aromatic heterocycles. The molecule has 0 saturated heterocycles. The lowest BCUT2D eigenvalue weighted by Crippen LogP contribution is -1.96. The fourth-order valence-electron chi connectivity index (χ4n) is 2.24. The van der Waals surface area contributed by atoms with Crippen molar-refractivity contribution < 1.29 is 0 Å². The van der Waals surface area contributed by atoms with Crippen LogP contribution in [0.3, 0.4) is 0 Å². The topological polar surface area (TPSA) is 0 Å². The van der Waals surface area contributed by atoms with E-state index < -0.39 is 0 Å². The minimum absolute atomic E-state index is 1.23. The number of hydrogen-bond donors (Lipinski definition) is 0. The summed E-state index contributed by atoms with van der Waals surface area (Å²) in [5, 5.41) is 0. The van der Waals surface area contributed by atoms with Crippen LogP contribution in [-0.2, 0) is 19.3 Å². The quantitative estimate of drug-likeness (QED) is 0.608. The lowest BCUT2D eigenvalue weighted by atomic mass is 9.95. The van der Waals surface area contributed by atoms with Gasteiger partial charge in [-0.05, 0) is 42.4 Å². The van der Waals surface area contributed by atoms with Gasteiger partial charge in [0.2, 0.25) is 0 Å². The lowest BCUT2D eigenvalue weighted by Gasteiger charge is -2.10. The number of aryl methyl sites for hydroxylation is 3. The van der Waals surface area contributed by atoms with Crippen LogP contribution in [0.5, 0.6) is 0 Å². The van der Waals surface area contributed by atoms with Crippen LogP contribution in [0.25, 0.3) is 0 Å². The number of hydrogen-bond acceptors (Lipinski definition) is 0. The molecule has 0 aliphatic carbocycles. The highest BCUT2D eigenvalue weighted by Crippen LogP contribution is 2.17. The number of unbranched alkanes of at least 4 members (excludes halogenated alkanes) is 1. The molecule has 16 heavy (non-hydrogen) atoms. The Morgan fingerprint density at radius 3 is 2.12 bits per heavy atom. The van der Waals surface area contributed by atoms with Crippen molar-refractivity contribution in [2.24, 2.45) is 0 Å². The van der Waals surface area contributed by atoms with Crippen LogP contribution in [0.15, 0.2) is 18.2 Å². The average molecular weight is 218 g/mol. The van der Waals surface area contributed by atoms with Gasteiger partial charge in [0.25, 0.3) is 0 Å². The first-order valence-electron chi connectivity index (χ1n) is 6.92. The van der Waals surface area contributed by atoms with E-state index >= 15 is 0 Å². The van der Waals surface area contributed by atoms with Crippen molar-refractivity contribution in [2.75, 3.05) is 0 Å². The highest BCUT2D eigenvalue weighted by molar-refractivity contribution is 5.32. The average Bonchev–Trinajstić information content (AvgIpc) is 2.29. The van der Waals surface area contributed by atoms with E-state index in [2.05, 4.69) is 39.0 Å². The molecule has 90 valence electrons. The molecule has 1 aromatic carbocycles. The molecule has 0 heteroatoms. The van der Waals surface area contributed by atoms with Crippen LogP contribution in [0, 0.1) is 0 Å². The molecule has 1 aromatic rings. The number of benzene rings is 1. The van der Waals surface area contributed by atoms with E-state index in [1.807, 2.05) is 0 Å². The van der Waals surface area contributed by atoms with Gasteiger partial charge in [0, 0.05) is 0 Å². The Bertz CT molecular complexity index is 299. The fourth-order valence-corrected chi connectivity index (χ4v) is 2.24. The van der Waals surface area contributed by atoms with Crippen molar-refractivity contribution in [3.8, 4) is 0 Å². The molecule has 0 spiro atoms. The van der Waals surface area contributed by atoms with Gasteiger partial charge in [-0.3, -0.25) is 0 Å². The van der Waals surface area contributed by atoms with Gasteiger partial charge in [0.15, 0.2) is 0 Å². The Balaban J connectivity index is 2.80. The molecular formula is C16H26. The molecule has 0 atom stereocenters. The Kier molecular flexibility index (Phi) is 6.22. The van der Waals surface area contributed by atoms with Crippen molar-refractivity contribution in [3.63, 3.8) is 0 Å². The third kappa shape index (κ3) is 4.00. The molecule has 0 heterocycles. The molecule has 0 aliphatic heterocycles. The van der Waals surface area contributed by atoms with Crippen molar-refractivity contribution in [3.05, 3.63) is 34.9 Å². The van der Waals surface area contributed by atoms with Crippen LogP contribution < -0.4 is 0 Å². The molecule has 0 nitrogen and oxygen atoms in total. The molecule has 0 saturated carbocycles. The van der Waals surface area contributed by atoms with Gasteiger partial charge in [-0.15, -0.1) is 0 Å². The molecule has 0 N–H and O–H groups in total. The Hall–Kier alpha value is -0.780. The summed E-state index contributed by atoms with van der Waals surface area (Å²) in [6.07, 6.45) is 8.86. The zero-order valence-electron chi connectivity index (χ0n) is 11.2. The monoisotopic (exact) mass is 218 g/mol. The van der Waals surface area contributed by atoms with Gasteiger partial charge < -0.3 is 0 Å². The lowest BCUT2D eigenvalue weighted by molar-refractivity contribution is 0.778. The third-order valence-electron chi connectivity index (χ3n) is 3.13. The molecule has 0 unspecified atom stereocenters. The molecular weight excluding hydrogens is 192 g/mol. The van der Waals surface area contributed by atoms with Gasteiger partial charge in [0.05, 0.1) is 0 Å². The predicted molar refractivity (Wildman–Crippen MR) is 73.0 cm³/mol. The molecule has 0 bridgehead atoms. The van der Waals surface area contributed by atoms with Crippen LogP contribution in [-0.4, -0.2) is 0 Å². The largest absolute Gasteiger partial charge is 0.0654 e. The molecule has 0 radical (unpaired) electrons. The van der Waals surface area contributed by atoms with Crippen LogP contribution in [0.2, 0.25) is 0 Å². The van der Waals surface area contributed by atoms with Crippen molar-refractivity contribution in [1.82, 2.24) is 0 Å². The smallest absolute Gasteiger partial charge is 0.0276 e. The van der Waals surface area contributed by atoms with Crippen molar-refractivity contribution in [2.45, 2.75) is 65.7 Å². The predicted octanol–water partition coefficient (Wildman–Crippen LogP) is 4.93. The summed E-state index contributed by atoms with van der Waals surface area (Å²) in [6.45, 7) is 6.80. The highest BCUT2D eigenvalue weighted by atomic mass is 14.1. The zero-order valence-corrected chi connectivity index (χ0v) is 11.2. The molecule has 0 fully saturated rings. The zero-order chi connectivity index (χ0) is 11.8. The van der Waals surface area contributed by atoms with Gasteiger partial charge in [-0.2, -0.15) is 0 Å². The molecule has 0 aliphatic rings. The van der Waals surface area contributed by atoms with Crippen molar-refractivity contribution in [1.29, 1.82) is 0 Å². The first-order valence-corrected chi connectivity index (χ1v) is 6.92. The van der Waals surface area contributed by atoms with Crippen molar-refractivity contribution >= 4 is 0 Å². The van der Waals surface area contributed by atoms with Gasteiger partial charge in [-0.1, -0.05) is 58.2 Å². The molecule has 0 amide bonds. The normalized spacial score (nSPS) is 10.7. The summed E-state index contributed by atoms with van der Waals surface area (Å²) in [4.78, 5) is 0. The maximum absolute atomic E-state index is 2.44.